The quantitative estimate of drug-likeness (QED) is 0.558. The number of likely N-dealkylation sites (N-methyl/N-ethyl adjacent to an activating group) is 1. The van der Waals surface area contributed by atoms with E-state index in [1.807, 2.05) is 6.33 Å². The molecule has 3 heterocycles. The van der Waals surface area contributed by atoms with E-state index in [4.69, 9.17) is 0 Å². The summed E-state index contributed by atoms with van der Waals surface area (Å²) >= 11 is 0. The summed E-state index contributed by atoms with van der Waals surface area (Å²) in [6.45, 7) is 2.18. The third-order valence-corrected chi connectivity index (χ3v) is 6.98. The summed E-state index contributed by atoms with van der Waals surface area (Å²) in [6, 6.07) is 17.9. The molecule has 1 saturated heterocycles. The van der Waals surface area contributed by atoms with Gasteiger partial charge in [0, 0.05) is 53.9 Å². The van der Waals surface area contributed by atoms with Gasteiger partial charge in [-0.15, -0.1) is 0 Å². The Hall–Kier alpha value is -2.85. The topological polar surface area (TPSA) is 36.9 Å². The van der Waals surface area contributed by atoms with Gasteiger partial charge in [0.15, 0.2) is 0 Å². The van der Waals surface area contributed by atoms with Gasteiger partial charge >= 0.3 is 0 Å². The first-order chi connectivity index (χ1) is 14.3. The Morgan fingerprint density at radius 3 is 2.90 bits per heavy atom. The normalized spacial score (nSPS) is 24.0. The summed E-state index contributed by atoms with van der Waals surface area (Å²) in [5, 5.41) is 1.48. The molecule has 0 amide bonds. The van der Waals surface area contributed by atoms with Crippen molar-refractivity contribution in [3.8, 4) is 11.3 Å². The minimum Gasteiger partial charge on any atom is -0.361 e. The van der Waals surface area contributed by atoms with Crippen LogP contribution in [0.25, 0.3) is 22.2 Å². The summed E-state index contributed by atoms with van der Waals surface area (Å²) in [6.07, 6.45) is 8.83. The third-order valence-electron chi connectivity index (χ3n) is 6.98. The van der Waals surface area contributed by atoms with E-state index in [2.05, 4.69) is 87.4 Å². The maximum Gasteiger partial charge on any atom is 0.0953 e. The lowest BCUT2D eigenvalue weighted by Crippen LogP contribution is -2.48. The van der Waals surface area contributed by atoms with Crippen LogP contribution < -0.4 is 0 Å². The number of piperidine rings is 1. The van der Waals surface area contributed by atoms with E-state index in [0.717, 1.165) is 25.2 Å². The Kier molecular flexibility index (Phi) is 3.88. The molecule has 3 atom stereocenters. The molecular weight excluding hydrogens is 356 g/mol. The van der Waals surface area contributed by atoms with Gasteiger partial charge in [-0.05, 0) is 43.0 Å². The lowest BCUT2D eigenvalue weighted by atomic mass is 9.72. The smallest absolute Gasteiger partial charge is 0.0953 e. The van der Waals surface area contributed by atoms with Crippen LogP contribution in [0.5, 0.6) is 0 Å². The maximum atomic E-state index is 4.65. The molecule has 0 radical (unpaired) electrons. The van der Waals surface area contributed by atoms with Crippen molar-refractivity contribution >= 4 is 10.9 Å². The van der Waals surface area contributed by atoms with Gasteiger partial charge in [-0.3, -0.25) is 0 Å². The molecule has 4 aromatic rings. The van der Waals surface area contributed by atoms with Gasteiger partial charge in [0.2, 0.25) is 0 Å². The number of hydrogen-bond donors (Lipinski definition) is 1. The monoisotopic (exact) mass is 382 g/mol. The molecule has 2 aromatic carbocycles. The summed E-state index contributed by atoms with van der Waals surface area (Å²) in [5.41, 5.74) is 6.58. The van der Waals surface area contributed by atoms with Crippen LogP contribution in [0, 0.1) is 5.92 Å². The van der Waals surface area contributed by atoms with Gasteiger partial charge in [0.1, 0.15) is 0 Å². The fourth-order valence-corrected chi connectivity index (χ4v) is 5.70. The van der Waals surface area contributed by atoms with Crippen molar-refractivity contribution in [3.63, 3.8) is 0 Å². The number of rotatable bonds is 3. The molecule has 0 bridgehead atoms. The molecule has 1 N–H and O–H groups in total. The van der Waals surface area contributed by atoms with Crippen molar-refractivity contribution in [3.05, 3.63) is 78.4 Å². The second-order valence-electron chi connectivity index (χ2n) is 8.82. The van der Waals surface area contributed by atoms with E-state index in [9.17, 15) is 0 Å². The number of likely N-dealkylation sites (tertiary alicyclic amines) is 1. The second-order valence-corrected chi connectivity index (χ2v) is 8.82. The number of aromatic amines is 1. The molecule has 2 aromatic heterocycles. The Bertz CT molecular complexity index is 1160. The molecule has 0 spiro atoms. The number of aromatic nitrogens is 3. The number of benzene rings is 2. The van der Waals surface area contributed by atoms with Crippen LogP contribution in [0.1, 0.15) is 23.5 Å². The lowest BCUT2D eigenvalue weighted by Gasteiger charge is -2.45. The summed E-state index contributed by atoms with van der Waals surface area (Å²) in [7, 11) is 2.31. The highest BCUT2D eigenvalue weighted by atomic mass is 15.2. The highest BCUT2D eigenvalue weighted by Gasteiger charge is 2.39. The number of H-pyrrole nitrogens is 1. The zero-order chi connectivity index (χ0) is 19.4. The van der Waals surface area contributed by atoms with E-state index in [1.165, 1.54) is 28.5 Å². The molecule has 4 nitrogen and oxygen atoms in total. The third kappa shape index (κ3) is 2.82. The number of hydrogen-bond acceptors (Lipinski definition) is 2. The first-order valence-electron chi connectivity index (χ1n) is 10.6. The minimum absolute atomic E-state index is 0.614. The van der Waals surface area contributed by atoms with Crippen LogP contribution in [-0.2, 0) is 13.0 Å². The van der Waals surface area contributed by atoms with Crippen molar-refractivity contribution in [1.82, 2.24) is 19.4 Å². The SMILES string of the molecule is CN1C[C@H](Cn2cnc(-c3ccccc3)c2)C[C@@H]2c3cccc4[nH]cc(c34)C[C@H]21. The minimum atomic E-state index is 0.614. The predicted molar refractivity (Wildman–Crippen MR) is 117 cm³/mol. The predicted octanol–water partition coefficient (Wildman–Crippen LogP) is 4.69. The van der Waals surface area contributed by atoms with E-state index in [1.54, 1.807) is 5.56 Å². The van der Waals surface area contributed by atoms with Crippen molar-refractivity contribution < 1.29 is 0 Å². The standard InChI is InChI=1S/C25H26N4/c1-28-13-17(14-29-15-23(27-16-29)18-6-3-2-4-7-18)10-21-20-8-5-9-22-25(20)19(12-26-22)11-24(21)28/h2-9,12,15-17,21,24,26H,10-11,13-14H2,1H3/t17-,21-,24-/m1/s1. The second kappa shape index (κ2) is 6.60. The molecule has 1 aliphatic carbocycles. The van der Waals surface area contributed by atoms with Crippen LogP contribution in [-0.4, -0.2) is 39.1 Å². The number of nitrogens with one attached hydrogen (secondary N) is 1. The van der Waals surface area contributed by atoms with Crippen molar-refractivity contribution in [2.45, 2.75) is 31.3 Å². The van der Waals surface area contributed by atoms with E-state index in [0.29, 0.717) is 17.9 Å². The van der Waals surface area contributed by atoms with Gasteiger partial charge in [-0.25, -0.2) is 4.98 Å². The van der Waals surface area contributed by atoms with E-state index < -0.39 is 0 Å². The molecule has 29 heavy (non-hydrogen) atoms. The first kappa shape index (κ1) is 17.0. The van der Waals surface area contributed by atoms with Crippen LogP contribution in [0.15, 0.2) is 67.3 Å². The fourth-order valence-electron chi connectivity index (χ4n) is 5.70. The van der Waals surface area contributed by atoms with Gasteiger partial charge in [-0.2, -0.15) is 0 Å². The van der Waals surface area contributed by atoms with E-state index >= 15 is 0 Å². The van der Waals surface area contributed by atoms with Gasteiger partial charge < -0.3 is 14.5 Å². The molecule has 4 heteroatoms. The van der Waals surface area contributed by atoms with Crippen molar-refractivity contribution in [1.29, 1.82) is 0 Å². The zero-order valence-electron chi connectivity index (χ0n) is 16.8. The average Bonchev–Trinajstić information content (AvgIpc) is 3.38. The highest BCUT2D eigenvalue weighted by molar-refractivity contribution is 5.88. The van der Waals surface area contributed by atoms with E-state index in [-0.39, 0.29) is 0 Å². The molecule has 0 saturated carbocycles. The van der Waals surface area contributed by atoms with Crippen LogP contribution >= 0.6 is 0 Å². The largest absolute Gasteiger partial charge is 0.361 e. The fraction of sp³-hybridized carbons (Fsp3) is 0.320. The summed E-state index contributed by atoms with van der Waals surface area (Å²) in [5.74, 6) is 1.25. The number of imidazole rings is 1. The average molecular weight is 383 g/mol. The van der Waals surface area contributed by atoms with Gasteiger partial charge in [0.25, 0.3) is 0 Å². The molecule has 1 fully saturated rings. The molecule has 6 rings (SSSR count). The van der Waals surface area contributed by atoms with Gasteiger partial charge in [-0.1, -0.05) is 42.5 Å². The Morgan fingerprint density at radius 2 is 2.00 bits per heavy atom. The van der Waals surface area contributed by atoms with Gasteiger partial charge in [0.05, 0.1) is 12.0 Å². The molecule has 146 valence electrons. The number of fused-ring (bicyclic) bond motifs is 2. The molecule has 1 aliphatic heterocycles. The van der Waals surface area contributed by atoms with Crippen LogP contribution in [0.3, 0.4) is 0 Å². The Labute approximate surface area is 171 Å². The molecule has 2 aliphatic rings. The molecular formula is C25H26N4. The Balaban J connectivity index is 1.27. The van der Waals surface area contributed by atoms with Crippen LogP contribution in [0.4, 0.5) is 0 Å². The summed E-state index contributed by atoms with van der Waals surface area (Å²) < 4.78 is 2.28. The van der Waals surface area contributed by atoms with Crippen molar-refractivity contribution in [2.24, 2.45) is 5.92 Å². The number of nitrogens with zero attached hydrogens (tertiary/aromatic N) is 3. The maximum absolute atomic E-state index is 4.65. The zero-order valence-corrected chi connectivity index (χ0v) is 16.8. The Morgan fingerprint density at radius 1 is 1.10 bits per heavy atom. The highest BCUT2D eigenvalue weighted by Crippen LogP contribution is 2.44. The van der Waals surface area contributed by atoms with Crippen LogP contribution in [0.2, 0.25) is 0 Å². The first-order valence-corrected chi connectivity index (χ1v) is 10.6. The summed E-state index contributed by atoms with van der Waals surface area (Å²) in [4.78, 5) is 10.7. The lowest BCUT2D eigenvalue weighted by molar-refractivity contribution is 0.103. The molecule has 0 unspecified atom stereocenters. The van der Waals surface area contributed by atoms with Crippen molar-refractivity contribution in [2.75, 3.05) is 13.6 Å².